The molecular weight excluding hydrogens is 337 g/mol. The first-order chi connectivity index (χ1) is 12.8. The van der Waals surface area contributed by atoms with Crippen LogP contribution in [0.2, 0.25) is 0 Å². The van der Waals surface area contributed by atoms with Crippen molar-refractivity contribution in [3.8, 4) is 0 Å². The maximum atomic E-state index is 12.9. The van der Waals surface area contributed by atoms with E-state index in [-0.39, 0.29) is 5.91 Å². The summed E-state index contributed by atoms with van der Waals surface area (Å²) in [4.78, 5) is 12.9. The maximum Gasteiger partial charge on any atom is 0.259 e. The number of nitrogens with one attached hydrogen (secondary N) is 1. The van der Waals surface area contributed by atoms with Gasteiger partial charge in [-0.1, -0.05) is 54.6 Å². The molecular formula is C23H23NOP+. The minimum atomic E-state index is -2.05. The summed E-state index contributed by atoms with van der Waals surface area (Å²) in [7, 11) is -2.05. The molecule has 0 bridgehead atoms. The van der Waals surface area contributed by atoms with Gasteiger partial charge in [-0.2, -0.15) is 0 Å². The Morgan fingerprint density at radius 3 is 1.46 bits per heavy atom. The van der Waals surface area contributed by atoms with Crippen molar-refractivity contribution < 1.29 is 4.79 Å². The fraction of sp³-hybridized carbons (Fsp3) is 0.174. The standard InChI is InChI=1S/C23H22NOP/c25-23(24-19-16-17-19)18-26(20-10-4-1-5-11-20,21-12-6-2-7-13-21)22-14-8-3-9-15-22/h1-15,19H,16-18H2/p+1. The van der Waals surface area contributed by atoms with Crippen molar-refractivity contribution in [1.82, 2.24) is 5.32 Å². The Bertz CT molecular complexity index is 764. The van der Waals surface area contributed by atoms with Crippen molar-refractivity contribution in [1.29, 1.82) is 0 Å². The molecule has 0 radical (unpaired) electrons. The zero-order chi connectivity index (χ0) is 17.8. The molecule has 0 spiro atoms. The summed E-state index contributed by atoms with van der Waals surface area (Å²) < 4.78 is 0. The molecule has 130 valence electrons. The minimum absolute atomic E-state index is 0.164. The number of hydrogen-bond acceptors (Lipinski definition) is 1. The number of amides is 1. The number of carbonyl (C=O) groups excluding carboxylic acids is 1. The van der Waals surface area contributed by atoms with Crippen LogP contribution in [0.5, 0.6) is 0 Å². The highest BCUT2D eigenvalue weighted by molar-refractivity contribution is 7.96. The second-order valence-corrected chi connectivity index (χ2v) is 10.3. The largest absolute Gasteiger partial charge is 0.350 e. The Balaban J connectivity index is 1.89. The molecule has 0 saturated heterocycles. The lowest BCUT2D eigenvalue weighted by molar-refractivity contribution is -0.118. The van der Waals surface area contributed by atoms with Gasteiger partial charge >= 0.3 is 0 Å². The molecule has 1 aliphatic rings. The van der Waals surface area contributed by atoms with Crippen molar-refractivity contribution in [2.24, 2.45) is 0 Å². The molecule has 2 nitrogen and oxygen atoms in total. The van der Waals surface area contributed by atoms with Crippen LogP contribution < -0.4 is 21.2 Å². The summed E-state index contributed by atoms with van der Waals surface area (Å²) in [6, 6.07) is 32.0. The van der Waals surface area contributed by atoms with Gasteiger partial charge in [0.2, 0.25) is 0 Å². The first kappa shape index (κ1) is 17.0. The second kappa shape index (κ2) is 7.43. The van der Waals surface area contributed by atoms with Crippen LogP contribution in [0.25, 0.3) is 0 Å². The molecule has 3 aromatic carbocycles. The second-order valence-electron chi connectivity index (χ2n) is 6.82. The van der Waals surface area contributed by atoms with Crippen molar-refractivity contribution >= 4 is 29.1 Å². The molecule has 4 rings (SSSR count). The van der Waals surface area contributed by atoms with Crippen LogP contribution in [0.15, 0.2) is 91.0 Å². The Morgan fingerprint density at radius 2 is 1.12 bits per heavy atom. The third kappa shape index (κ3) is 3.43. The molecule has 0 aliphatic heterocycles. The first-order valence-corrected chi connectivity index (χ1v) is 11.1. The van der Waals surface area contributed by atoms with Gasteiger partial charge in [-0.05, 0) is 49.2 Å². The number of benzene rings is 3. The molecule has 0 atom stereocenters. The monoisotopic (exact) mass is 360 g/mol. The van der Waals surface area contributed by atoms with Crippen LogP contribution in [-0.2, 0) is 4.79 Å². The van der Waals surface area contributed by atoms with Crippen LogP contribution in [0.1, 0.15) is 12.8 Å². The zero-order valence-corrected chi connectivity index (χ0v) is 15.6. The molecule has 0 heterocycles. The SMILES string of the molecule is O=C(C[P+](c1ccccc1)(c1ccccc1)c1ccccc1)NC1CC1. The molecule has 1 saturated carbocycles. The van der Waals surface area contributed by atoms with Gasteiger partial charge in [0.05, 0.1) is 0 Å². The van der Waals surface area contributed by atoms with Gasteiger partial charge in [-0.15, -0.1) is 0 Å². The first-order valence-electron chi connectivity index (χ1n) is 9.13. The van der Waals surface area contributed by atoms with Gasteiger partial charge in [-0.3, -0.25) is 4.79 Å². The highest BCUT2D eigenvalue weighted by Gasteiger charge is 2.47. The van der Waals surface area contributed by atoms with E-state index in [0.717, 1.165) is 12.8 Å². The van der Waals surface area contributed by atoms with E-state index in [2.05, 4.69) is 78.1 Å². The maximum absolute atomic E-state index is 12.9. The van der Waals surface area contributed by atoms with E-state index in [0.29, 0.717) is 12.2 Å². The van der Waals surface area contributed by atoms with E-state index in [1.165, 1.54) is 15.9 Å². The van der Waals surface area contributed by atoms with Crippen molar-refractivity contribution in [2.75, 3.05) is 6.16 Å². The third-order valence-electron chi connectivity index (χ3n) is 4.91. The third-order valence-corrected chi connectivity index (χ3v) is 9.21. The molecule has 1 N–H and O–H groups in total. The molecule has 3 aromatic rings. The van der Waals surface area contributed by atoms with Gasteiger partial charge in [0.1, 0.15) is 23.2 Å². The molecule has 0 unspecified atom stereocenters. The predicted octanol–water partition coefficient (Wildman–Crippen LogP) is 3.26. The minimum Gasteiger partial charge on any atom is -0.350 e. The molecule has 1 fully saturated rings. The highest BCUT2D eigenvalue weighted by Crippen LogP contribution is 2.55. The van der Waals surface area contributed by atoms with Crippen LogP contribution in [0.3, 0.4) is 0 Å². The van der Waals surface area contributed by atoms with Crippen LogP contribution >= 0.6 is 7.26 Å². The lowest BCUT2D eigenvalue weighted by Gasteiger charge is -2.27. The normalized spacial score (nSPS) is 14.0. The summed E-state index contributed by atoms with van der Waals surface area (Å²) in [6.45, 7) is 0. The summed E-state index contributed by atoms with van der Waals surface area (Å²) in [5, 5.41) is 6.97. The number of rotatable bonds is 6. The zero-order valence-electron chi connectivity index (χ0n) is 14.7. The smallest absolute Gasteiger partial charge is 0.259 e. The Kier molecular flexibility index (Phi) is 4.86. The van der Waals surface area contributed by atoms with Crippen LogP contribution in [-0.4, -0.2) is 18.1 Å². The quantitative estimate of drug-likeness (QED) is 0.672. The lowest BCUT2D eigenvalue weighted by atomic mass is 10.4. The lowest BCUT2D eigenvalue weighted by Crippen LogP contribution is -2.40. The highest BCUT2D eigenvalue weighted by atomic mass is 31.2. The number of hydrogen-bond donors (Lipinski definition) is 1. The summed E-state index contributed by atoms with van der Waals surface area (Å²) in [5.41, 5.74) is 0. The molecule has 0 aromatic heterocycles. The van der Waals surface area contributed by atoms with E-state index >= 15 is 0 Å². The average Bonchev–Trinajstić information content (AvgIpc) is 3.52. The molecule has 26 heavy (non-hydrogen) atoms. The summed E-state index contributed by atoms with van der Waals surface area (Å²) in [5.74, 6) is 0.164. The predicted molar refractivity (Wildman–Crippen MR) is 111 cm³/mol. The average molecular weight is 360 g/mol. The van der Waals surface area contributed by atoms with Crippen molar-refractivity contribution in [2.45, 2.75) is 18.9 Å². The van der Waals surface area contributed by atoms with Crippen LogP contribution in [0.4, 0.5) is 0 Å². The van der Waals surface area contributed by atoms with E-state index in [9.17, 15) is 4.79 Å². The molecule has 1 amide bonds. The van der Waals surface area contributed by atoms with Gasteiger partial charge in [-0.25, -0.2) is 0 Å². The molecule has 3 heteroatoms. The van der Waals surface area contributed by atoms with Crippen LogP contribution in [0, 0.1) is 0 Å². The van der Waals surface area contributed by atoms with E-state index in [4.69, 9.17) is 0 Å². The fourth-order valence-corrected chi connectivity index (χ4v) is 7.49. The fourth-order valence-electron chi connectivity index (χ4n) is 3.48. The van der Waals surface area contributed by atoms with Gasteiger partial charge < -0.3 is 5.32 Å². The summed E-state index contributed by atoms with van der Waals surface area (Å²) >= 11 is 0. The van der Waals surface area contributed by atoms with E-state index < -0.39 is 7.26 Å². The van der Waals surface area contributed by atoms with E-state index in [1.807, 2.05) is 18.2 Å². The Labute approximate surface area is 155 Å². The van der Waals surface area contributed by atoms with Gasteiger partial charge in [0.25, 0.3) is 5.91 Å². The van der Waals surface area contributed by atoms with Crippen molar-refractivity contribution in [3.63, 3.8) is 0 Å². The van der Waals surface area contributed by atoms with Gasteiger partial charge in [0.15, 0.2) is 6.16 Å². The van der Waals surface area contributed by atoms with Gasteiger partial charge in [0, 0.05) is 6.04 Å². The number of carbonyl (C=O) groups is 1. The summed E-state index contributed by atoms with van der Waals surface area (Å²) in [6.07, 6.45) is 2.74. The topological polar surface area (TPSA) is 29.1 Å². The van der Waals surface area contributed by atoms with E-state index in [1.54, 1.807) is 0 Å². The Hall–Kier alpha value is -2.44. The van der Waals surface area contributed by atoms with Crippen molar-refractivity contribution in [3.05, 3.63) is 91.0 Å². The molecule has 1 aliphatic carbocycles. The Morgan fingerprint density at radius 1 is 0.731 bits per heavy atom.